The molecule has 0 aromatic carbocycles. The standard InChI is InChI=1S/C10H19NO3/c1-7(2)14-10(12)11-8(3)9-5-4-6-13-9/h7-9H,4-6H2,1-3H3,(H,11,12). The Kier molecular flexibility index (Phi) is 4.20. The molecular weight excluding hydrogens is 182 g/mol. The van der Waals surface area contributed by atoms with Crippen molar-refractivity contribution in [3.8, 4) is 0 Å². The molecule has 2 unspecified atom stereocenters. The van der Waals surface area contributed by atoms with Crippen LogP contribution in [0, 0.1) is 0 Å². The van der Waals surface area contributed by atoms with E-state index in [0.29, 0.717) is 0 Å². The van der Waals surface area contributed by atoms with Crippen LogP contribution >= 0.6 is 0 Å². The molecular formula is C10H19NO3. The number of carbonyl (C=O) groups is 1. The minimum Gasteiger partial charge on any atom is -0.447 e. The first-order chi connectivity index (χ1) is 6.59. The van der Waals surface area contributed by atoms with E-state index in [1.54, 1.807) is 0 Å². The van der Waals surface area contributed by atoms with Crippen molar-refractivity contribution >= 4 is 6.09 Å². The number of ether oxygens (including phenoxy) is 2. The number of carbonyl (C=O) groups excluding carboxylic acids is 1. The zero-order valence-corrected chi connectivity index (χ0v) is 9.08. The third kappa shape index (κ3) is 3.54. The van der Waals surface area contributed by atoms with E-state index in [-0.39, 0.29) is 24.3 Å². The van der Waals surface area contributed by atoms with Crippen molar-refractivity contribution in [1.29, 1.82) is 0 Å². The van der Waals surface area contributed by atoms with E-state index in [4.69, 9.17) is 9.47 Å². The lowest BCUT2D eigenvalue weighted by molar-refractivity contribution is 0.0705. The number of hydrogen-bond donors (Lipinski definition) is 1. The number of alkyl carbamates (subject to hydrolysis) is 1. The predicted molar refractivity (Wildman–Crippen MR) is 53.2 cm³/mol. The average Bonchev–Trinajstić information content (AvgIpc) is 2.53. The second-order valence-electron chi connectivity index (χ2n) is 3.94. The fraction of sp³-hybridized carbons (Fsp3) is 0.900. The van der Waals surface area contributed by atoms with Crippen molar-refractivity contribution in [3.63, 3.8) is 0 Å². The molecule has 1 fully saturated rings. The van der Waals surface area contributed by atoms with Crippen molar-refractivity contribution in [1.82, 2.24) is 5.32 Å². The summed E-state index contributed by atoms with van der Waals surface area (Å²) in [4.78, 5) is 11.2. The molecule has 82 valence electrons. The third-order valence-corrected chi connectivity index (χ3v) is 2.21. The summed E-state index contributed by atoms with van der Waals surface area (Å²) in [5.74, 6) is 0. The van der Waals surface area contributed by atoms with Crippen LogP contribution in [0.3, 0.4) is 0 Å². The van der Waals surface area contributed by atoms with Crippen LogP contribution in [0.15, 0.2) is 0 Å². The van der Waals surface area contributed by atoms with Crippen LogP contribution in [0.1, 0.15) is 33.6 Å². The highest BCUT2D eigenvalue weighted by Gasteiger charge is 2.24. The minimum atomic E-state index is -0.358. The van der Waals surface area contributed by atoms with E-state index in [1.165, 1.54) is 0 Å². The number of amides is 1. The first-order valence-electron chi connectivity index (χ1n) is 5.18. The monoisotopic (exact) mass is 201 g/mol. The van der Waals surface area contributed by atoms with E-state index >= 15 is 0 Å². The van der Waals surface area contributed by atoms with E-state index in [0.717, 1.165) is 19.4 Å². The largest absolute Gasteiger partial charge is 0.447 e. The van der Waals surface area contributed by atoms with Gasteiger partial charge in [-0.05, 0) is 33.6 Å². The van der Waals surface area contributed by atoms with Gasteiger partial charge in [-0.15, -0.1) is 0 Å². The van der Waals surface area contributed by atoms with Crippen molar-refractivity contribution in [2.24, 2.45) is 0 Å². The summed E-state index contributed by atoms with van der Waals surface area (Å²) in [5, 5.41) is 2.77. The number of hydrogen-bond acceptors (Lipinski definition) is 3. The third-order valence-electron chi connectivity index (χ3n) is 2.21. The highest BCUT2D eigenvalue weighted by molar-refractivity contribution is 5.67. The quantitative estimate of drug-likeness (QED) is 0.755. The molecule has 4 nitrogen and oxygen atoms in total. The van der Waals surface area contributed by atoms with Crippen molar-refractivity contribution in [3.05, 3.63) is 0 Å². The molecule has 1 saturated heterocycles. The van der Waals surface area contributed by atoms with Gasteiger partial charge in [-0.2, -0.15) is 0 Å². The maximum Gasteiger partial charge on any atom is 0.407 e. The van der Waals surface area contributed by atoms with Crippen LogP contribution in [0.4, 0.5) is 4.79 Å². The smallest absolute Gasteiger partial charge is 0.407 e. The van der Waals surface area contributed by atoms with Crippen LogP contribution in [0.25, 0.3) is 0 Å². The van der Waals surface area contributed by atoms with Crippen LogP contribution < -0.4 is 5.32 Å². The van der Waals surface area contributed by atoms with Crippen molar-refractivity contribution in [2.75, 3.05) is 6.61 Å². The number of nitrogens with one attached hydrogen (secondary N) is 1. The molecule has 0 radical (unpaired) electrons. The Morgan fingerprint density at radius 3 is 2.71 bits per heavy atom. The van der Waals surface area contributed by atoms with Gasteiger partial charge >= 0.3 is 6.09 Å². The fourth-order valence-electron chi connectivity index (χ4n) is 1.52. The Balaban J connectivity index is 2.24. The van der Waals surface area contributed by atoms with E-state index < -0.39 is 0 Å². The topological polar surface area (TPSA) is 47.6 Å². The van der Waals surface area contributed by atoms with Crippen molar-refractivity contribution < 1.29 is 14.3 Å². The van der Waals surface area contributed by atoms with Gasteiger partial charge in [-0.1, -0.05) is 0 Å². The Hall–Kier alpha value is -0.770. The SMILES string of the molecule is CC(C)OC(=O)NC(C)C1CCCO1. The average molecular weight is 201 g/mol. The Bertz CT molecular complexity index is 188. The molecule has 0 spiro atoms. The van der Waals surface area contributed by atoms with E-state index in [2.05, 4.69) is 5.32 Å². The molecule has 0 aromatic heterocycles. The Labute approximate surface area is 85.0 Å². The number of rotatable bonds is 3. The molecule has 1 aliphatic rings. The second kappa shape index (κ2) is 5.20. The molecule has 1 heterocycles. The lowest BCUT2D eigenvalue weighted by Gasteiger charge is -2.20. The van der Waals surface area contributed by atoms with E-state index in [1.807, 2.05) is 20.8 Å². The summed E-state index contributed by atoms with van der Waals surface area (Å²) in [5.41, 5.74) is 0. The molecule has 0 aliphatic carbocycles. The molecule has 4 heteroatoms. The highest BCUT2D eigenvalue weighted by atomic mass is 16.6. The van der Waals surface area contributed by atoms with Gasteiger partial charge in [0.25, 0.3) is 0 Å². The van der Waals surface area contributed by atoms with Gasteiger partial charge in [0.05, 0.1) is 18.2 Å². The second-order valence-corrected chi connectivity index (χ2v) is 3.94. The summed E-state index contributed by atoms with van der Waals surface area (Å²) in [6.07, 6.45) is 1.81. The molecule has 0 aromatic rings. The van der Waals surface area contributed by atoms with Crippen LogP contribution in [-0.2, 0) is 9.47 Å². The minimum absolute atomic E-state index is 0.0312. The summed E-state index contributed by atoms with van der Waals surface area (Å²) in [7, 11) is 0. The van der Waals surface area contributed by atoms with E-state index in [9.17, 15) is 4.79 Å². The Morgan fingerprint density at radius 2 is 2.21 bits per heavy atom. The maximum atomic E-state index is 11.2. The summed E-state index contributed by atoms with van der Waals surface area (Å²) >= 11 is 0. The van der Waals surface area contributed by atoms with Gasteiger partial charge in [0.2, 0.25) is 0 Å². The van der Waals surface area contributed by atoms with Gasteiger partial charge in [0, 0.05) is 6.61 Å². The lowest BCUT2D eigenvalue weighted by Crippen LogP contribution is -2.41. The highest BCUT2D eigenvalue weighted by Crippen LogP contribution is 2.15. The van der Waals surface area contributed by atoms with Gasteiger partial charge in [0.1, 0.15) is 0 Å². The van der Waals surface area contributed by atoms with Gasteiger partial charge in [0.15, 0.2) is 0 Å². The van der Waals surface area contributed by atoms with Gasteiger partial charge in [-0.25, -0.2) is 4.79 Å². The zero-order chi connectivity index (χ0) is 10.6. The normalized spacial score (nSPS) is 23.6. The van der Waals surface area contributed by atoms with Gasteiger partial charge in [-0.3, -0.25) is 0 Å². The zero-order valence-electron chi connectivity index (χ0n) is 9.08. The molecule has 14 heavy (non-hydrogen) atoms. The molecule has 2 atom stereocenters. The summed E-state index contributed by atoms with van der Waals surface area (Å²) in [6.45, 7) is 6.40. The molecule has 1 aliphatic heterocycles. The first kappa shape index (κ1) is 11.3. The molecule has 1 N–H and O–H groups in total. The van der Waals surface area contributed by atoms with Crippen molar-refractivity contribution in [2.45, 2.75) is 51.9 Å². The lowest BCUT2D eigenvalue weighted by atomic mass is 10.1. The molecule has 1 amide bonds. The summed E-state index contributed by atoms with van der Waals surface area (Å²) < 4.78 is 10.4. The fourth-order valence-corrected chi connectivity index (χ4v) is 1.52. The Morgan fingerprint density at radius 1 is 1.50 bits per heavy atom. The van der Waals surface area contributed by atoms with Crippen LogP contribution in [-0.4, -0.2) is 30.9 Å². The van der Waals surface area contributed by atoms with Gasteiger partial charge < -0.3 is 14.8 Å². The first-order valence-corrected chi connectivity index (χ1v) is 5.18. The molecule has 0 saturated carbocycles. The summed E-state index contributed by atoms with van der Waals surface area (Å²) in [6, 6.07) is 0.0312. The maximum absolute atomic E-state index is 11.2. The van der Waals surface area contributed by atoms with Crippen LogP contribution in [0.5, 0.6) is 0 Å². The molecule has 1 rings (SSSR count). The predicted octanol–water partition coefficient (Wildman–Crippen LogP) is 1.69. The van der Waals surface area contributed by atoms with Crippen LogP contribution in [0.2, 0.25) is 0 Å². The molecule has 0 bridgehead atoms.